The third-order valence-corrected chi connectivity index (χ3v) is 3.82. The highest BCUT2D eigenvalue weighted by Gasteiger charge is 2.04. The van der Waals surface area contributed by atoms with Crippen LogP contribution in [0.1, 0.15) is 15.4 Å². The Labute approximate surface area is 120 Å². The first-order valence-electron chi connectivity index (χ1n) is 5.31. The van der Waals surface area contributed by atoms with E-state index >= 15 is 0 Å². The summed E-state index contributed by atoms with van der Waals surface area (Å²) in [5.41, 5.74) is 7.19. The molecule has 2 aromatic rings. The maximum atomic E-state index is 6.09. The van der Waals surface area contributed by atoms with E-state index < -0.39 is 0 Å². The molecular formula is C12H12ClN3S2. The summed E-state index contributed by atoms with van der Waals surface area (Å²) >= 11 is 12.7. The van der Waals surface area contributed by atoms with Gasteiger partial charge >= 0.3 is 0 Å². The normalized spacial score (nSPS) is 10.3. The van der Waals surface area contributed by atoms with Gasteiger partial charge in [0.05, 0.1) is 16.6 Å². The second-order valence-corrected chi connectivity index (χ2v) is 5.92. The molecule has 0 amide bonds. The predicted molar refractivity (Wildman–Crippen MR) is 81.5 cm³/mol. The van der Waals surface area contributed by atoms with Crippen molar-refractivity contribution in [1.29, 1.82) is 0 Å². The maximum absolute atomic E-state index is 6.09. The molecule has 2 rings (SSSR count). The monoisotopic (exact) mass is 297 g/mol. The molecule has 1 aromatic heterocycles. The molecule has 3 N–H and O–H groups in total. The third-order valence-electron chi connectivity index (χ3n) is 2.37. The van der Waals surface area contributed by atoms with E-state index in [1.807, 2.05) is 31.3 Å². The van der Waals surface area contributed by atoms with Crippen molar-refractivity contribution in [1.82, 2.24) is 4.98 Å². The summed E-state index contributed by atoms with van der Waals surface area (Å²) in [4.78, 5) is 5.69. The Bertz CT molecular complexity index is 580. The quantitative estimate of drug-likeness (QED) is 0.850. The van der Waals surface area contributed by atoms with Crippen LogP contribution in [0.3, 0.4) is 0 Å². The fourth-order valence-corrected chi connectivity index (χ4v) is 2.75. The molecule has 0 aliphatic carbocycles. The number of halogens is 1. The van der Waals surface area contributed by atoms with Gasteiger partial charge in [-0.3, -0.25) is 0 Å². The number of thiocarbonyl (C=S) groups is 1. The van der Waals surface area contributed by atoms with E-state index in [-0.39, 0.29) is 0 Å². The van der Waals surface area contributed by atoms with E-state index in [0.717, 1.165) is 17.2 Å². The van der Waals surface area contributed by atoms with Crippen molar-refractivity contribution in [2.24, 2.45) is 5.73 Å². The Balaban J connectivity index is 2.06. The molecule has 0 bridgehead atoms. The largest absolute Gasteiger partial charge is 0.389 e. The first kappa shape index (κ1) is 13.3. The molecule has 0 spiro atoms. The molecule has 18 heavy (non-hydrogen) atoms. The van der Waals surface area contributed by atoms with E-state index in [1.54, 1.807) is 11.3 Å². The van der Waals surface area contributed by atoms with Crippen LogP contribution in [0.4, 0.5) is 5.69 Å². The number of thiazole rings is 1. The molecular weight excluding hydrogens is 286 g/mol. The first-order valence-corrected chi connectivity index (χ1v) is 6.91. The minimum Gasteiger partial charge on any atom is -0.389 e. The van der Waals surface area contributed by atoms with Crippen LogP contribution in [-0.2, 0) is 6.54 Å². The van der Waals surface area contributed by atoms with Crippen LogP contribution in [0.15, 0.2) is 24.4 Å². The van der Waals surface area contributed by atoms with Crippen molar-refractivity contribution in [3.8, 4) is 0 Å². The second-order valence-electron chi connectivity index (χ2n) is 3.76. The molecule has 6 heteroatoms. The molecule has 0 saturated heterocycles. The number of rotatable bonds is 4. The van der Waals surface area contributed by atoms with Crippen LogP contribution in [0.5, 0.6) is 0 Å². The fraction of sp³-hybridized carbons (Fsp3) is 0.167. The van der Waals surface area contributed by atoms with Crippen LogP contribution in [-0.4, -0.2) is 9.97 Å². The summed E-state index contributed by atoms with van der Waals surface area (Å²) in [6, 6.07) is 5.56. The van der Waals surface area contributed by atoms with Gasteiger partial charge in [0.1, 0.15) is 4.99 Å². The third kappa shape index (κ3) is 3.19. The molecule has 1 heterocycles. The number of nitrogens with one attached hydrogen (secondary N) is 1. The Morgan fingerprint density at radius 1 is 1.56 bits per heavy atom. The molecule has 0 aliphatic heterocycles. The Hall–Kier alpha value is -1.17. The zero-order valence-corrected chi connectivity index (χ0v) is 12.1. The highest BCUT2D eigenvalue weighted by atomic mass is 35.5. The number of anilines is 1. The minimum atomic E-state index is 0.310. The van der Waals surface area contributed by atoms with E-state index in [1.165, 1.54) is 4.88 Å². The van der Waals surface area contributed by atoms with Gasteiger partial charge in [0, 0.05) is 22.3 Å². The molecule has 0 aliphatic rings. The van der Waals surface area contributed by atoms with E-state index in [2.05, 4.69) is 10.3 Å². The lowest BCUT2D eigenvalue weighted by molar-refractivity contribution is 1.17. The predicted octanol–water partition coefficient (Wildman–Crippen LogP) is 3.35. The zero-order chi connectivity index (χ0) is 13.1. The SMILES string of the molecule is Cc1ncc(CNc2ccc(C(N)=S)c(Cl)c2)s1. The minimum absolute atomic E-state index is 0.310. The lowest BCUT2D eigenvalue weighted by Gasteiger charge is -2.07. The summed E-state index contributed by atoms with van der Waals surface area (Å²) in [5, 5.41) is 4.91. The molecule has 0 unspecified atom stereocenters. The summed E-state index contributed by atoms with van der Waals surface area (Å²) in [5.74, 6) is 0. The molecule has 0 saturated carbocycles. The first-order chi connectivity index (χ1) is 8.56. The highest BCUT2D eigenvalue weighted by Crippen LogP contribution is 2.22. The number of hydrogen-bond donors (Lipinski definition) is 2. The standard InChI is InChI=1S/C12H12ClN3S2/c1-7-15-5-9(18-7)6-16-8-2-3-10(12(14)17)11(13)4-8/h2-5,16H,6H2,1H3,(H2,14,17). The van der Waals surface area contributed by atoms with Crippen molar-refractivity contribution in [3.05, 3.63) is 44.9 Å². The lowest BCUT2D eigenvalue weighted by Crippen LogP contribution is -2.10. The van der Waals surface area contributed by atoms with Crippen LogP contribution < -0.4 is 11.1 Å². The van der Waals surface area contributed by atoms with Gasteiger partial charge in [-0.25, -0.2) is 4.98 Å². The number of nitrogens with zero attached hydrogens (tertiary/aromatic N) is 1. The summed E-state index contributed by atoms with van der Waals surface area (Å²) < 4.78 is 0. The van der Waals surface area contributed by atoms with E-state index in [0.29, 0.717) is 15.6 Å². The summed E-state index contributed by atoms with van der Waals surface area (Å²) in [7, 11) is 0. The molecule has 3 nitrogen and oxygen atoms in total. The topological polar surface area (TPSA) is 50.9 Å². The van der Waals surface area contributed by atoms with Gasteiger partial charge < -0.3 is 11.1 Å². The molecule has 0 radical (unpaired) electrons. The van der Waals surface area contributed by atoms with Gasteiger partial charge in [-0.2, -0.15) is 0 Å². The lowest BCUT2D eigenvalue weighted by atomic mass is 10.2. The Kier molecular flexibility index (Phi) is 4.16. The van der Waals surface area contributed by atoms with Gasteiger partial charge in [0.15, 0.2) is 0 Å². The van der Waals surface area contributed by atoms with Crippen LogP contribution in [0.2, 0.25) is 5.02 Å². The van der Waals surface area contributed by atoms with E-state index in [4.69, 9.17) is 29.6 Å². The number of aromatic nitrogens is 1. The van der Waals surface area contributed by atoms with E-state index in [9.17, 15) is 0 Å². The van der Waals surface area contributed by atoms with Crippen molar-refractivity contribution >= 4 is 45.8 Å². The van der Waals surface area contributed by atoms with Gasteiger partial charge in [0.2, 0.25) is 0 Å². The smallest absolute Gasteiger partial charge is 0.105 e. The van der Waals surface area contributed by atoms with Crippen LogP contribution in [0, 0.1) is 6.92 Å². The Morgan fingerprint density at radius 3 is 2.89 bits per heavy atom. The van der Waals surface area contributed by atoms with Gasteiger partial charge in [-0.05, 0) is 25.1 Å². The van der Waals surface area contributed by atoms with Crippen molar-refractivity contribution in [3.63, 3.8) is 0 Å². The van der Waals surface area contributed by atoms with Gasteiger partial charge in [-0.15, -0.1) is 11.3 Å². The van der Waals surface area contributed by atoms with Crippen LogP contribution >= 0.6 is 35.2 Å². The van der Waals surface area contributed by atoms with Gasteiger partial charge in [0.25, 0.3) is 0 Å². The van der Waals surface area contributed by atoms with Crippen molar-refractivity contribution in [2.75, 3.05) is 5.32 Å². The highest BCUT2D eigenvalue weighted by molar-refractivity contribution is 7.80. The molecule has 0 fully saturated rings. The number of benzene rings is 1. The molecule has 0 atom stereocenters. The average molecular weight is 298 g/mol. The van der Waals surface area contributed by atoms with Gasteiger partial charge in [-0.1, -0.05) is 23.8 Å². The summed E-state index contributed by atoms with van der Waals surface area (Å²) in [6.45, 7) is 2.72. The number of aryl methyl sites for hydroxylation is 1. The van der Waals surface area contributed by atoms with Crippen molar-refractivity contribution < 1.29 is 0 Å². The summed E-state index contributed by atoms with van der Waals surface area (Å²) in [6.07, 6.45) is 1.87. The molecule has 1 aromatic carbocycles. The maximum Gasteiger partial charge on any atom is 0.105 e. The van der Waals surface area contributed by atoms with Crippen molar-refractivity contribution in [2.45, 2.75) is 13.5 Å². The number of hydrogen-bond acceptors (Lipinski definition) is 4. The van der Waals surface area contributed by atoms with Crippen LogP contribution in [0.25, 0.3) is 0 Å². The Morgan fingerprint density at radius 2 is 2.33 bits per heavy atom. The number of nitrogens with two attached hydrogens (primary N) is 1. The second kappa shape index (κ2) is 5.65. The fourth-order valence-electron chi connectivity index (χ4n) is 1.50. The average Bonchev–Trinajstić information content (AvgIpc) is 2.72. The zero-order valence-electron chi connectivity index (χ0n) is 9.74. The molecule has 94 valence electrons.